The zero-order chi connectivity index (χ0) is 19.6. The molecule has 1 N–H and O–H groups in total. The van der Waals surface area contributed by atoms with Crippen molar-refractivity contribution in [1.82, 2.24) is 0 Å². The van der Waals surface area contributed by atoms with Gasteiger partial charge in [-0.25, -0.2) is 9.59 Å². The lowest BCUT2D eigenvalue weighted by Gasteiger charge is -2.19. The fraction of sp³-hybridized carbons (Fsp3) is 0.190. The van der Waals surface area contributed by atoms with Gasteiger partial charge in [-0.05, 0) is 57.2 Å². The van der Waals surface area contributed by atoms with Crippen molar-refractivity contribution in [3.8, 4) is 5.75 Å². The predicted molar refractivity (Wildman–Crippen MR) is 99.7 cm³/mol. The van der Waals surface area contributed by atoms with Crippen LogP contribution in [0.4, 0.5) is 5.69 Å². The van der Waals surface area contributed by atoms with E-state index in [0.717, 1.165) is 0 Å². The van der Waals surface area contributed by atoms with Crippen LogP contribution in [0.5, 0.6) is 5.75 Å². The van der Waals surface area contributed by atoms with Gasteiger partial charge >= 0.3 is 11.9 Å². The molecule has 0 amide bonds. The summed E-state index contributed by atoms with van der Waals surface area (Å²) in [6, 6.07) is 13.1. The van der Waals surface area contributed by atoms with E-state index in [9.17, 15) is 14.4 Å². The van der Waals surface area contributed by atoms with E-state index in [-0.39, 0.29) is 11.3 Å². The molecule has 2 aromatic rings. The maximum atomic E-state index is 12.5. The average Bonchev–Trinajstić information content (AvgIpc) is 2.60. The normalized spacial score (nSPS) is 15.1. The molecule has 0 unspecified atom stereocenters. The van der Waals surface area contributed by atoms with Gasteiger partial charge < -0.3 is 14.8 Å². The first-order valence-electron chi connectivity index (χ1n) is 8.40. The molecule has 0 bridgehead atoms. The maximum absolute atomic E-state index is 12.5. The highest BCUT2D eigenvalue weighted by atomic mass is 16.6. The summed E-state index contributed by atoms with van der Waals surface area (Å²) in [6.07, 6.45) is 1.31. The molecular formula is C21H19NO5. The van der Waals surface area contributed by atoms with Crippen LogP contribution in [-0.2, 0) is 9.53 Å². The van der Waals surface area contributed by atoms with Crippen LogP contribution in [0.3, 0.4) is 0 Å². The van der Waals surface area contributed by atoms with Gasteiger partial charge in [-0.15, -0.1) is 0 Å². The zero-order valence-electron chi connectivity index (χ0n) is 15.2. The highest BCUT2D eigenvalue weighted by Gasteiger charge is 2.30. The Hall–Kier alpha value is -3.41. The first-order valence-corrected chi connectivity index (χ1v) is 8.40. The molecule has 2 aromatic carbocycles. The first-order chi connectivity index (χ1) is 12.7. The summed E-state index contributed by atoms with van der Waals surface area (Å²) in [4.78, 5) is 36.5. The first kappa shape index (κ1) is 18.4. The number of para-hydroxylation sites is 1. The van der Waals surface area contributed by atoms with Gasteiger partial charge in [0.25, 0.3) is 0 Å². The summed E-state index contributed by atoms with van der Waals surface area (Å²) in [6.45, 7) is 5.39. The third-order valence-corrected chi connectivity index (χ3v) is 3.70. The van der Waals surface area contributed by atoms with E-state index in [1.54, 1.807) is 69.3 Å². The van der Waals surface area contributed by atoms with Crippen LogP contribution >= 0.6 is 0 Å². The minimum atomic E-state index is -0.712. The third-order valence-electron chi connectivity index (χ3n) is 3.70. The molecule has 138 valence electrons. The van der Waals surface area contributed by atoms with E-state index in [4.69, 9.17) is 9.47 Å². The van der Waals surface area contributed by atoms with Crippen molar-refractivity contribution in [2.45, 2.75) is 26.4 Å². The number of anilines is 1. The predicted octanol–water partition coefficient (Wildman–Crippen LogP) is 3.74. The SMILES string of the molecule is CC(C)(C)OC(=O)c1ccc(NC=C2C(=O)Oc3ccccc3C2=O)cc1. The molecule has 0 radical (unpaired) electrons. The van der Waals surface area contributed by atoms with Crippen molar-refractivity contribution >= 4 is 23.4 Å². The molecule has 0 atom stereocenters. The summed E-state index contributed by atoms with van der Waals surface area (Å²) in [5.74, 6) is -1.28. The van der Waals surface area contributed by atoms with Crippen LogP contribution in [-0.4, -0.2) is 23.3 Å². The molecule has 0 aliphatic carbocycles. The number of ketones is 1. The Morgan fingerprint density at radius 3 is 2.37 bits per heavy atom. The second kappa shape index (κ2) is 7.07. The van der Waals surface area contributed by atoms with Crippen LogP contribution in [0, 0.1) is 0 Å². The average molecular weight is 365 g/mol. The number of hydrogen-bond acceptors (Lipinski definition) is 6. The number of hydrogen-bond donors (Lipinski definition) is 1. The Morgan fingerprint density at radius 1 is 1.04 bits per heavy atom. The summed E-state index contributed by atoms with van der Waals surface area (Å²) in [5, 5.41) is 2.88. The Bertz CT molecular complexity index is 936. The summed E-state index contributed by atoms with van der Waals surface area (Å²) >= 11 is 0. The van der Waals surface area contributed by atoms with Gasteiger partial charge in [0.05, 0.1) is 11.1 Å². The lowest BCUT2D eigenvalue weighted by atomic mass is 10.0. The topological polar surface area (TPSA) is 81.7 Å². The van der Waals surface area contributed by atoms with E-state index < -0.39 is 23.3 Å². The molecule has 0 fully saturated rings. The Labute approximate surface area is 156 Å². The van der Waals surface area contributed by atoms with Crippen molar-refractivity contribution in [3.63, 3.8) is 0 Å². The molecule has 1 aliphatic heterocycles. The molecule has 1 aliphatic rings. The molecule has 0 saturated carbocycles. The minimum absolute atomic E-state index is 0.0927. The van der Waals surface area contributed by atoms with Crippen LogP contribution in [0.1, 0.15) is 41.5 Å². The molecule has 27 heavy (non-hydrogen) atoms. The van der Waals surface area contributed by atoms with Gasteiger partial charge in [0, 0.05) is 11.9 Å². The van der Waals surface area contributed by atoms with E-state index in [0.29, 0.717) is 16.8 Å². The largest absolute Gasteiger partial charge is 0.456 e. The summed E-state index contributed by atoms with van der Waals surface area (Å²) < 4.78 is 10.5. The smallest absolute Gasteiger partial charge is 0.349 e. The quantitative estimate of drug-likeness (QED) is 0.386. The third kappa shape index (κ3) is 4.23. The van der Waals surface area contributed by atoms with E-state index in [1.807, 2.05) is 0 Å². The van der Waals surface area contributed by atoms with Crippen molar-refractivity contribution in [2.75, 3.05) is 5.32 Å². The highest BCUT2D eigenvalue weighted by molar-refractivity contribution is 6.27. The fourth-order valence-corrected chi connectivity index (χ4v) is 2.46. The van der Waals surface area contributed by atoms with Crippen LogP contribution in [0.2, 0.25) is 0 Å². The van der Waals surface area contributed by atoms with E-state index in [1.165, 1.54) is 6.20 Å². The van der Waals surface area contributed by atoms with Crippen molar-refractivity contribution in [2.24, 2.45) is 0 Å². The monoisotopic (exact) mass is 365 g/mol. The number of esters is 2. The van der Waals surface area contributed by atoms with Gasteiger partial charge in [-0.1, -0.05) is 12.1 Å². The van der Waals surface area contributed by atoms with E-state index in [2.05, 4.69) is 5.32 Å². The number of fused-ring (bicyclic) bond motifs is 1. The lowest BCUT2D eigenvalue weighted by molar-refractivity contribution is -0.130. The number of nitrogens with one attached hydrogen (secondary N) is 1. The highest BCUT2D eigenvalue weighted by Crippen LogP contribution is 2.27. The maximum Gasteiger partial charge on any atom is 0.349 e. The Balaban J connectivity index is 1.74. The molecule has 6 nitrogen and oxygen atoms in total. The lowest BCUT2D eigenvalue weighted by Crippen LogP contribution is -2.25. The van der Waals surface area contributed by atoms with Crippen molar-refractivity contribution in [3.05, 3.63) is 71.4 Å². The van der Waals surface area contributed by atoms with Crippen molar-refractivity contribution < 1.29 is 23.9 Å². The molecule has 3 rings (SSSR count). The van der Waals surface area contributed by atoms with Crippen LogP contribution < -0.4 is 10.1 Å². The second-order valence-electron chi connectivity index (χ2n) is 7.00. The van der Waals surface area contributed by atoms with Gasteiger partial charge in [-0.3, -0.25) is 4.79 Å². The number of carbonyl (C=O) groups is 3. The second-order valence-corrected chi connectivity index (χ2v) is 7.00. The number of ether oxygens (including phenoxy) is 2. The fourth-order valence-electron chi connectivity index (χ4n) is 2.46. The number of carbonyl (C=O) groups excluding carboxylic acids is 3. The summed E-state index contributed by atoms with van der Waals surface area (Å²) in [7, 11) is 0. The Morgan fingerprint density at radius 2 is 1.70 bits per heavy atom. The van der Waals surface area contributed by atoms with Crippen LogP contribution in [0.25, 0.3) is 0 Å². The molecule has 0 saturated heterocycles. The van der Waals surface area contributed by atoms with E-state index >= 15 is 0 Å². The molecular weight excluding hydrogens is 346 g/mol. The van der Waals surface area contributed by atoms with Gasteiger partial charge in [0.1, 0.15) is 16.9 Å². The standard InChI is InChI=1S/C21H19NO5/c1-21(2,3)27-19(24)13-8-10-14(11-9-13)22-12-16-18(23)15-6-4-5-7-17(15)26-20(16)25/h4-12,22H,1-3H3. The van der Waals surface area contributed by atoms with Gasteiger partial charge in [-0.2, -0.15) is 0 Å². The zero-order valence-corrected chi connectivity index (χ0v) is 15.2. The molecule has 1 heterocycles. The van der Waals surface area contributed by atoms with Crippen LogP contribution in [0.15, 0.2) is 60.3 Å². The van der Waals surface area contributed by atoms with Gasteiger partial charge in [0.15, 0.2) is 0 Å². The number of Topliss-reactive ketones (excluding diaryl/α,β-unsaturated/α-hetero) is 1. The minimum Gasteiger partial charge on any atom is -0.456 e. The molecule has 0 aromatic heterocycles. The number of benzene rings is 2. The number of rotatable bonds is 3. The molecule has 0 spiro atoms. The molecule has 6 heteroatoms. The van der Waals surface area contributed by atoms with Crippen molar-refractivity contribution in [1.29, 1.82) is 0 Å². The Kier molecular flexibility index (Phi) is 4.81. The van der Waals surface area contributed by atoms with Gasteiger partial charge in [0.2, 0.25) is 5.78 Å². The summed E-state index contributed by atoms with van der Waals surface area (Å²) in [5.41, 5.74) is 0.686.